The molecule has 4 aliphatic rings. The normalized spacial score (nSPS) is 46.1. The predicted molar refractivity (Wildman–Crippen MR) is 119 cm³/mol. The molecule has 1 N–H and O–H groups in total. The highest BCUT2D eigenvalue weighted by Gasteiger charge is 2.58. The van der Waals surface area contributed by atoms with E-state index in [0.29, 0.717) is 10.8 Å². The Kier molecular flexibility index (Phi) is 5.62. The first-order valence-electron chi connectivity index (χ1n) is 12.3. The quantitative estimate of drug-likeness (QED) is 0.504. The second-order valence-electron chi connectivity index (χ2n) is 11.7. The zero-order valence-electron chi connectivity index (χ0n) is 19.1. The molecule has 28 heavy (non-hydrogen) atoms. The summed E-state index contributed by atoms with van der Waals surface area (Å²) in [6.45, 7) is 12.2. The molecule has 0 aromatic rings. The predicted octanol–water partition coefficient (Wildman–Crippen LogP) is 7.31. The van der Waals surface area contributed by atoms with E-state index in [0.717, 1.165) is 42.4 Å². The van der Waals surface area contributed by atoms with Crippen LogP contribution in [0.4, 0.5) is 0 Å². The van der Waals surface area contributed by atoms with Crippen molar-refractivity contribution in [2.75, 3.05) is 0 Å². The monoisotopic (exact) mass is 384 g/mol. The largest absolute Gasteiger partial charge is 0.393 e. The topological polar surface area (TPSA) is 20.2 Å². The van der Waals surface area contributed by atoms with Gasteiger partial charge in [-0.25, -0.2) is 0 Å². The number of fused-ring (bicyclic) bond motifs is 5. The smallest absolute Gasteiger partial charge is 0.0577 e. The molecule has 0 saturated heterocycles. The van der Waals surface area contributed by atoms with Gasteiger partial charge < -0.3 is 5.11 Å². The standard InChI is InChI=1S/C27H44O/c1-18(2)7-6-8-19(3)23-11-12-24-22-10-9-20-17-21(28)13-15-26(20,4)25(22)14-16-27(23,24)5/h7,9,19,21-25,28H,6,8,10-17H2,1-5H3/t19?,21-,22?,23+,24?,25?,26-,27+/m0/s1. The third-order valence-electron chi connectivity index (χ3n) is 10.0. The van der Waals surface area contributed by atoms with Crippen LogP contribution in [0.3, 0.4) is 0 Å². The maximum absolute atomic E-state index is 10.2. The summed E-state index contributed by atoms with van der Waals surface area (Å²) < 4.78 is 0. The molecule has 4 aliphatic carbocycles. The number of aliphatic hydroxyl groups excluding tert-OH is 1. The summed E-state index contributed by atoms with van der Waals surface area (Å²) in [4.78, 5) is 0. The van der Waals surface area contributed by atoms with Gasteiger partial charge in [-0.05, 0) is 118 Å². The van der Waals surface area contributed by atoms with Crippen molar-refractivity contribution in [3.05, 3.63) is 23.3 Å². The Bertz CT molecular complexity index is 641. The molecule has 0 amide bonds. The lowest BCUT2D eigenvalue weighted by molar-refractivity contribution is -0.0571. The summed E-state index contributed by atoms with van der Waals surface area (Å²) in [5, 5.41) is 10.2. The first-order valence-corrected chi connectivity index (χ1v) is 12.3. The fourth-order valence-electron chi connectivity index (χ4n) is 8.45. The van der Waals surface area contributed by atoms with Gasteiger partial charge in [0.25, 0.3) is 0 Å². The van der Waals surface area contributed by atoms with E-state index in [1.165, 1.54) is 56.9 Å². The van der Waals surface area contributed by atoms with Crippen molar-refractivity contribution in [3.63, 3.8) is 0 Å². The Labute approximate surface area is 174 Å². The maximum Gasteiger partial charge on any atom is 0.0577 e. The van der Waals surface area contributed by atoms with Crippen molar-refractivity contribution in [3.8, 4) is 0 Å². The molecule has 0 radical (unpaired) electrons. The van der Waals surface area contributed by atoms with Gasteiger partial charge in [0.15, 0.2) is 0 Å². The Morgan fingerprint density at radius 3 is 2.68 bits per heavy atom. The molecule has 0 spiro atoms. The van der Waals surface area contributed by atoms with E-state index in [9.17, 15) is 5.11 Å². The molecule has 4 rings (SSSR count). The van der Waals surface area contributed by atoms with Gasteiger partial charge in [0, 0.05) is 0 Å². The average Bonchev–Trinajstić information content (AvgIpc) is 2.99. The zero-order chi connectivity index (χ0) is 20.1. The summed E-state index contributed by atoms with van der Waals surface area (Å²) >= 11 is 0. The molecule has 3 fully saturated rings. The molecular weight excluding hydrogens is 340 g/mol. The minimum atomic E-state index is -0.0813. The molecule has 0 aliphatic heterocycles. The van der Waals surface area contributed by atoms with Gasteiger partial charge in [-0.1, -0.05) is 44.1 Å². The molecule has 4 unspecified atom stereocenters. The van der Waals surface area contributed by atoms with Crippen LogP contribution in [-0.2, 0) is 0 Å². The van der Waals surface area contributed by atoms with E-state index >= 15 is 0 Å². The van der Waals surface area contributed by atoms with Crippen LogP contribution < -0.4 is 0 Å². The van der Waals surface area contributed by atoms with Crippen molar-refractivity contribution in [1.29, 1.82) is 0 Å². The van der Waals surface area contributed by atoms with Crippen LogP contribution in [-0.4, -0.2) is 11.2 Å². The fourth-order valence-corrected chi connectivity index (χ4v) is 8.45. The highest BCUT2D eigenvalue weighted by molar-refractivity contribution is 5.25. The van der Waals surface area contributed by atoms with Crippen molar-refractivity contribution in [2.45, 2.75) is 105 Å². The number of allylic oxidation sites excluding steroid dienone is 3. The lowest BCUT2D eigenvalue weighted by atomic mass is 9.47. The van der Waals surface area contributed by atoms with Crippen molar-refractivity contribution in [1.82, 2.24) is 0 Å². The summed E-state index contributed by atoms with van der Waals surface area (Å²) in [6.07, 6.45) is 17.9. The minimum absolute atomic E-state index is 0.0813. The van der Waals surface area contributed by atoms with Crippen LogP contribution in [0.15, 0.2) is 23.3 Å². The molecule has 1 heteroatoms. The van der Waals surface area contributed by atoms with Gasteiger partial charge in [-0.3, -0.25) is 0 Å². The van der Waals surface area contributed by atoms with E-state index in [-0.39, 0.29) is 6.10 Å². The van der Waals surface area contributed by atoms with Gasteiger partial charge in [-0.15, -0.1) is 0 Å². The van der Waals surface area contributed by atoms with Crippen LogP contribution in [0, 0.1) is 40.4 Å². The minimum Gasteiger partial charge on any atom is -0.393 e. The highest BCUT2D eigenvalue weighted by atomic mass is 16.3. The van der Waals surface area contributed by atoms with Crippen LogP contribution in [0.5, 0.6) is 0 Å². The van der Waals surface area contributed by atoms with E-state index < -0.39 is 0 Å². The number of hydrogen-bond acceptors (Lipinski definition) is 1. The number of rotatable bonds is 4. The molecule has 1 nitrogen and oxygen atoms in total. The summed E-state index contributed by atoms with van der Waals surface area (Å²) in [5.41, 5.74) is 4.04. The Morgan fingerprint density at radius 2 is 1.93 bits per heavy atom. The first-order chi connectivity index (χ1) is 13.3. The van der Waals surface area contributed by atoms with Crippen LogP contribution in [0.1, 0.15) is 98.8 Å². The van der Waals surface area contributed by atoms with Gasteiger partial charge in [-0.2, -0.15) is 0 Å². The van der Waals surface area contributed by atoms with Gasteiger partial charge in [0.2, 0.25) is 0 Å². The average molecular weight is 385 g/mol. The van der Waals surface area contributed by atoms with Gasteiger partial charge in [0.1, 0.15) is 0 Å². The third kappa shape index (κ3) is 3.34. The van der Waals surface area contributed by atoms with E-state index in [1.807, 2.05) is 0 Å². The van der Waals surface area contributed by atoms with Crippen molar-refractivity contribution >= 4 is 0 Å². The highest BCUT2D eigenvalue weighted by Crippen LogP contribution is 2.67. The summed E-state index contributed by atoms with van der Waals surface area (Å²) in [5.74, 6) is 4.49. The van der Waals surface area contributed by atoms with Crippen LogP contribution >= 0.6 is 0 Å². The van der Waals surface area contributed by atoms with Crippen molar-refractivity contribution in [2.24, 2.45) is 40.4 Å². The molecule has 158 valence electrons. The summed E-state index contributed by atoms with van der Waals surface area (Å²) in [7, 11) is 0. The fraction of sp³-hybridized carbons (Fsp3) is 0.852. The first kappa shape index (κ1) is 20.7. The summed E-state index contributed by atoms with van der Waals surface area (Å²) in [6, 6.07) is 0. The molecule has 0 bridgehead atoms. The van der Waals surface area contributed by atoms with Crippen LogP contribution in [0.2, 0.25) is 0 Å². The zero-order valence-corrected chi connectivity index (χ0v) is 19.1. The molecule has 0 aromatic heterocycles. The Morgan fingerprint density at radius 1 is 1.14 bits per heavy atom. The Hall–Kier alpha value is -0.560. The molecule has 3 saturated carbocycles. The molecule has 8 atom stereocenters. The van der Waals surface area contributed by atoms with E-state index in [1.54, 1.807) is 5.57 Å². The SMILES string of the molecule is CC(C)=CCCC(C)[C@H]1CCC2C3CC=C4C[C@@H](O)CC[C@]4(C)C3CC[C@@]21C. The number of aliphatic hydroxyl groups is 1. The van der Waals surface area contributed by atoms with Crippen molar-refractivity contribution < 1.29 is 5.11 Å². The third-order valence-corrected chi connectivity index (χ3v) is 10.0. The molecule has 0 aromatic carbocycles. The van der Waals surface area contributed by atoms with Gasteiger partial charge >= 0.3 is 0 Å². The second kappa shape index (κ2) is 7.60. The van der Waals surface area contributed by atoms with Gasteiger partial charge in [0.05, 0.1) is 6.10 Å². The van der Waals surface area contributed by atoms with E-state index in [2.05, 4.69) is 46.8 Å². The lowest BCUT2D eigenvalue weighted by Gasteiger charge is -2.58. The molecular formula is C27H44O. The number of hydrogen-bond donors (Lipinski definition) is 1. The second-order valence-corrected chi connectivity index (χ2v) is 11.7. The van der Waals surface area contributed by atoms with E-state index in [4.69, 9.17) is 0 Å². The lowest BCUT2D eigenvalue weighted by Crippen LogP contribution is -2.50. The molecule has 0 heterocycles. The van der Waals surface area contributed by atoms with Crippen LogP contribution in [0.25, 0.3) is 0 Å². The Balaban J connectivity index is 1.51. The maximum atomic E-state index is 10.2.